The number of anilines is 1. The topological polar surface area (TPSA) is 65.2 Å². The van der Waals surface area contributed by atoms with E-state index in [2.05, 4.69) is 10.3 Å². The van der Waals surface area contributed by atoms with Crippen LogP contribution in [-0.2, 0) is 11.2 Å². The highest BCUT2D eigenvalue weighted by Crippen LogP contribution is 2.35. The van der Waals surface area contributed by atoms with Crippen molar-refractivity contribution in [2.75, 3.05) is 18.4 Å². The van der Waals surface area contributed by atoms with E-state index >= 15 is 0 Å². The van der Waals surface area contributed by atoms with Crippen LogP contribution in [0.5, 0.6) is 0 Å². The van der Waals surface area contributed by atoms with Crippen LogP contribution in [0.1, 0.15) is 39.8 Å². The lowest BCUT2D eigenvalue weighted by molar-refractivity contribution is -0.110. The summed E-state index contributed by atoms with van der Waals surface area (Å²) in [6.07, 6.45) is 2.47. The van der Waals surface area contributed by atoms with Gasteiger partial charge in [0.05, 0.1) is 11.1 Å². The van der Waals surface area contributed by atoms with Crippen molar-refractivity contribution >= 4 is 29.2 Å². The van der Waals surface area contributed by atoms with E-state index in [4.69, 9.17) is 0 Å². The summed E-state index contributed by atoms with van der Waals surface area (Å²) in [5.74, 6) is -0.643. The number of nitrogens with zero attached hydrogens (tertiary/aromatic N) is 1. The Labute approximate surface area is 144 Å². The van der Waals surface area contributed by atoms with Crippen molar-refractivity contribution < 1.29 is 14.0 Å². The molecule has 128 valence electrons. The second kappa shape index (κ2) is 5.58. The third-order valence-corrected chi connectivity index (χ3v) is 4.93. The van der Waals surface area contributed by atoms with E-state index in [1.54, 1.807) is 12.1 Å². The number of fused-ring (bicyclic) bond motifs is 2. The van der Waals surface area contributed by atoms with Gasteiger partial charge in [0, 0.05) is 42.1 Å². The van der Waals surface area contributed by atoms with Gasteiger partial charge in [-0.15, -0.1) is 0 Å². The molecule has 2 aliphatic rings. The number of aromatic amines is 1. The van der Waals surface area contributed by atoms with Gasteiger partial charge in [0.15, 0.2) is 0 Å². The maximum Gasteiger partial charge on any atom is 0.256 e. The van der Waals surface area contributed by atoms with Gasteiger partial charge < -0.3 is 15.2 Å². The number of rotatable bonds is 2. The van der Waals surface area contributed by atoms with Gasteiger partial charge >= 0.3 is 0 Å². The molecule has 0 bridgehead atoms. The summed E-state index contributed by atoms with van der Waals surface area (Å²) >= 11 is 0. The summed E-state index contributed by atoms with van der Waals surface area (Å²) in [6, 6.07) is 4.22. The van der Waals surface area contributed by atoms with Gasteiger partial charge in [-0.2, -0.15) is 0 Å². The largest absolute Gasteiger partial charge is 0.358 e. The van der Waals surface area contributed by atoms with Crippen LogP contribution in [0, 0.1) is 12.7 Å². The van der Waals surface area contributed by atoms with Crippen molar-refractivity contribution in [3.05, 3.63) is 52.1 Å². The van der Waals surface area contributed by atoms with Crippen molar-refractivity contribution in [2.24, 2.45) is 0 Å². The number of aromatic nitrogens is 1. The van der Waals surface area contributed by atoms with Crippen LogP contribution in [0.2, 0.25) is 0 Å². The molecule has 3 heterocycles. The Morgan fingerprint density at radius 2 is 2.12 bits per heavy atom. The summed E-state index contributed by atoms with van der Waals surface area (Å²) in [7, 11) is 0. The normalized spacial score (nSPS) is 17.7. The number of hydrogen-bond donors (Lipinski definition) is 2. The Kier molecular flexibility index (Phi) is 3.49. The van der Waals surface area contributed by atoms with Crippen molar-refractivity contribution in [3.8, 4) is 0 Å². The van der Waals surface area contributed by atoms with E-state index in [0.717, 1.165) is 23.4 Å². The van der Waals surface area contributed by atoms with Crippen molar-refractivity contribution in [1.82, 2.24) is 9.88 Å². The zero-order valence-corrected chi connectivity index (χ0v) is 14.1. The summed E-state index contributed by atoms with van der Waals surface area (Å²) in [6.45, 7) is 5.20. The molecule has 25 heavy (non-hydrogen) atoms. The number of nitrogens with one attached hydrogen (secondary N) is 2. The highest BCUT2D eigenvalue weighted by molar-refractivity contribution is 6.34. The molecule has 0 unspecified atom stereocenters. The molecule has 1 aromatic heterocycles. The van der Waals surface area contributed by atoms with E-state index in [9.17, 15) is 14.0 Å². The maximum absolute atomic E-state index is 13.6. The lowest BCUT2D eigenvalue weighted by Crippen LogP contribution is -2.37. The lowest BCUT2D eigenvalue weighted by Gasteiger charge is -2.25. The smallest absolute Gasteiger partial charge is 0.256 e. The molecule has 0 radical (unpaired) electrons. The predicted octanol–water partition coefficient (Wildman–Crippen LogP) is 2.97. The fraction of sp³-hybridized carbons (Fsp3) is 0.263. The van der Waals surface area contributed by atoms with Crippen molar-refractivity contribution in [3.63, 3.8) is 0 Å². The van der Waals surface area contributed by atoms with E-state index in [1.807, 2.05) is 18.7 Å². The molecule has 0 aliphatic carbocycles. The number of benzene rings is 1. The molecule has 0 saturated heterocycles. The van der Waals surface area contributed by atoms with Crippen LogP contribution in [0.4, 0.5) is 10.1 Å². The summed E-state index contributed by atoms with van der Waals surface area (Å²) in [5, 5.41) is 2.74. The van der Waals surface area contributed by atoms with Crippen molar-refractivity contribution in [2.45, 2.75) is 20.3 Å². The number of H-pyrrole nitrogens is 1. The zero-order chi connectivity index (χ0) is 17.7. The minimum Gasteiger partial charge on any atom is -0.358 e. The van der Waals surface area contributed by atoms with Crippen LogP contribution in [-0.4, -0.2) is 34.8 Å². The Morgan fingerprint density at radius 3 is 2.88 bits per heavy atom. The average Bonchev–Trinajstić information content (AvgIpc) is 3.06. The predicted molar refractivity (Wildman–Crippen MR) is 93.7 cm³/mol. The Hall–Kier alpha value is -2.89. The third-order valence-electron chi connectivity index (χ3n) is 4.93. The number of amides is 2. The van der Waals surface area contributed by atoms with Gasteiger partial charge in [-0.25, -0.2) is 4.39 Å². The number of carbonyl (C=O) groups is 2. The molecular formula is C19H18FN3O2. The number of halogens is 1. The van der Waals surface area contributed by atoms with E-state index in [1.165, 1.54) is 12.1 Å². The fourth-order valence-electron chi connectivity index (χ4n) is 3.56. The second-order valence-electron chi connectivity index (χ2n) is 6.35. The van der Waals surface area contributed by atoms with Crippen LogP contribution in [0.15, 0.2) is 18.2 Å². The summed E-state index contributed by atoms with van der Waals surface area (Å²) < 4.78 is 13.6. The highest BCUT2D eigenvalue weighted by atomic mass is 19.1. The second-order valence-corrected chi connectivity index (χ2v) is 6.35. The van der Waals surface area contributed by atoms with Gasteiger partial charge in [0.1, 0.15) is 5.82 Å². The Balaban J connectivity index is 1.81. The van der Waals surface area contributed by atoms with Crippen LogP contribution < -0.4 is 5.32 Å². The Bertz CT molecular complexity index is 942. The van der Waals surface area contributed by atoms with Gasteiger partial charge in [-0.3, -0.25) is 9.59 Å². The van der Waals surface area contributed by atoms with Gasteiger partial charge in [-0.1, -0.05) is 0 Å². The molecule has 5 nitrogen and oxygen atoms in total. The van der Waals surface area contributed by atoms with Crippen LogP contribution >= 0.6 is 0 Å². The first-order chi connectivity index (χ1) is 12.0. The average molecular weight is 339 g/mol. The minimum atomic E-state index is -0.391. The molecule has 2 aromatic rings. The van der Waals surface area contributed by atoms with Gasteiger partial charge in [0.25, 0.3) is 11.8 Å². The summed E-state index contributed by atoms with van der Waals surface area (Å²) in [5.41, 5.74) is 4.67. The first-order valence-corrected chi connectivity index (χ1v) is 8.33. The van der Waals surface area contributed by atoms with Crippen LogP contribution in [0.25, 0.3) is 11.6 Å². The lowest BCUT2D eigenvalue weighted by atomic mass is 10.0. The van der Waals surface area contributed by atoms with Crippen LogP contribution in [0.3, 0.4) is 0 Å². The van der Waals surface area contributed by atoms with Gasteiger partial charge in [0.2, 0.25) is 0 Å². The first kappa shape index (κ1) is 15.6. The third kappa shape index (κ3) is 2.36. The molecule has 0 atom stereocenters. The molecule has 4 rings (SSSR count). The standard InChI is InChI=1S/C19H18FN3O2/c1-3-23-7-6-15-17(19(23)25)10(2)16(21-15)9-13-12-8-11(20)4-5-14(12)22-18(13)24/h4-5,8-9,21H,3,6-7H2,1-2H3,(H,22,24)/b13-9-. The molecule has 2 N–H and O–H groups in total. The highest BCUT2D eigenvalue weighted by Gasteiger charge is 2.29. The molecule has 0 saturated carbocycles. The molecule has 2 amide bonds. The molecule has 1 aromatic carbocycles. The summed E-state index contributed by atoms with van der Waals surface area (Å²) in [4.78, 5) is 29.9. The molecule has 0 fully saturated rings. The number of hydrogen-bond acceptors (Lipinski definition) is 2. The monoisotopic (exact) mass is 339 g/mol. The molecule has 0 spiro atoms. The van der Waals surface area contributed by atoms with Crippen molar-refractivity contribution in [1.29, 1.82) is 0 Å². The van der Waals surface area contributed by atoms with E-state index in [0.29, 0.717) is 35.5 Å². The Morgan fingerprint density at radius 1 is 1.32 bits per heavy atom. The number of likely N-dealkylation sites (N-methyl/N-ethyl adjacent to an activating group) is 1. The number of carbonyl (C=O) groups excluding carboxylic acids is 2. The first-order valence-electron chi connectivity index (χ1n) is 8.33. The fourth-order valence-corrected chi connectivity index (χ4v) is 3.56. The minimum absolute atomic E-state index is 0.0180. The molecule has 2 aliphatic heterocycles. The van der Waals surface area contributed by atoms with E-state index in [-0.39, 0.29) is 11.8 Å². The molecule has 6 heteroatoms. The molecular weight excluding hydrogens is 321 g/mol. The quantitative estimate of drug-likeness (QED) is 0.826. The van der Waals surface area contributed by atoms with E-state index < -0.39 is 5.82 Å². The maximum atomic E-state index is 13.6. The SMILES string of the molecule is CCN1CCc2[nH]c(/C=C3\C(=O)Nc4ccc(F)cc43)c(C)c2C1=O. The zero-order valence-electron chi connectivity index (χ0n) is 14.1. The van der Waals surface area contributed by atoms with Gasteiger partial charge in [-0.05, 0) is 43.7 Å².